The van der Waals surface area contributed by atoms with Crippen molar-refractivity contribution in [2.45, 2.75) is 39.0 Å². The van der Waals surface area contributed by atoms with E-state index in [0.717, 1.165) is 19.3 Å². The first-order valence-electron chi connectivity index (χ1n) is 5.19. The van der Waals surface area contributed by atoms with Crippen LogP contribution in [-0.4, -0.2) is 18.9 Å². The molecule has 3 nitrogen and oxygen atoms in total. The Morgan fingerprint density at radius 1 is 1.21 bits per heavy atom. The van der Waals surface area contributed by atoms with Gasteiger partial charge in [0.2, 0.25) is 0 Å². The van der Waals surface area contributed by atoms with Gasteiger partial charge >= 0.3 is 5.97 Å². The zero-order valence-electron chi connectivity index (χ0n) is 8.91. The highest BCUT2D eigenvalue weighted by molar-refractivity contribution is 5.76. The molecule has 0 unspecified atom stereocenters. The fourth-order valence-corrected chi connectivity index (χ4v) is 2.32. The number of hydrogen-bond acceptors (Lipinski definition) is 3. The molecular weight excluding hydrogens is 180 g/mol. The van der Waals surface area contributed by atoms with E-state index in [4.69, 9.17) is 0 Å². The van der Waals surface area contributed by atoms with Gasteiger partial charge in [0.15, 0.2) is 0 Å². The minimum absolute atomic E-state index is 0.148. The number of hydrogen-bond donors (Lipinski definition) is 0. The van der Waals surface area contributed by atoms with Crippen LogP contribution in [0.5, 0.6) is 0 Å². The predicted octanol–water partition coefficient (Wildman–Crippen LogP) is 1.94. The fourth-order valence-electron chi connectivity index (χ4n) is 2.32. The molecule has 1 saturated carbocycles. The Kier molecular flexibility index (Phi) is 4.11. The first-order valence-corrected chi connectivity index (χ1v) is 5.19. The average Bonchev–Trinajstić information content (AvgIpc) is 2.52. The SMILES string of the molecule is COC(=O)C[C@@H]1CCC[C@H]1CC(C)=O. The number of Topliss-reactive ketones (excluding diaryl/α,β-unsaturated/α-hetero) is 1. The van der Waals surface area contributed by atoms with Gasteiger partial charge in [-0.05, 0) is 31.6 Å². The first-order chi connectivity index (χ1) is 6.63. The van der Waals surface area contributed by atoms with Crippen molar-refractivity contribution in [1.82, 2.24) is 0 Å². The summed E-state index contributed by atoms with van der Waals surface area (Å²) in [6.07, 6.45) is 4.39. The monoisotopic (exact) mass is 198 g/mol. The van der Waals surface area contributed by atoms with Gasteiger partial charge < -0.3 is 9.53 Å². The molecule has 1 rings (SSSR count). The smallest absolute Gasteiger partial charge is 0.305 e. The number of carbonyl (C=O) groups is 2. The van der Waals surface area contributed by atoms with Crippen molar-refractivity contribution in [1.29, 1.82) is 0 Å². The molecule has 1 fully saturated rings. The molecule has 0 amide bonds. The van der Waals surface area contributed by atoms with Crippen LogP contribution in [0.15, 0.2) is 0 Å². The summed E-state index contributed by atoms with van der Waals surface area (Å²) in [5.41, 5.74) is 0. The van der Waals surface area contributed by atoms with Crippen molar-refractivity contribution in [3.05, 3.63) is 0 Å². The van der Waals surface area contributed by atoms with Gasteiger partial charge in [0.25, 0.3) is 0 Å². The van der Waals surface area contributed by atoms with Gasteiger partial charge in [-0.25, -0.2) is 0 Å². The Bertz CT molecular complexity index is 223. The molecule has 80 valence electrons. The van der Waals surface area contributed by atoms with Gasteiger partial charge in [-0.15, -0.1) is 0 Å². The van der Waals surface area contributed by atoms with E-state index in [-0.39, 0.29) is 11.8 Å². The van der Waals surface area contributed by atoms with Crippen LogP contribution in [0.2, 0.25) is 0 Å². The largest absolute Gasteiger partial charge is 0.469 e. The third kappa shape index (κ3) is 3.13. The predicted molar refractivity (Wildman–Crippen MR) is 52.8 cm³/mol. The number of ketones is 1. The minimum atomic E-state index is -0.148. The normalized spacial score (nSPS) is 26.1. The van der Waals surface area contributed by atoms with Crippen molar-refractivity contribution < 1.29 is 14.3 Å². The number of esters is 1. The van der Waals surface area contributed by atoms with Crippen LogP contribution in [0.1, 0.15) is 39.0 Å². The topological polar surface area (TPSA) is 43.4 Å². The lowest BCUT2D eigenvalue weighted by molar-refractivity contribution is -0.142. The maximum absolute atomic E-state index is 11.1. The molecule has 0 N–H and O–H groups in total. The van der Waals surface area contributed by atoms with E-state index in [2.05, 4.69) is 4.74 Å². The summed E-state index contributed by atoms with van der Waals surface area (Å²) in [6.45, 7) is 1.62. The highest BCUT2D eigenvalue weighted by atomic mass is 16.5. The molecule has 0 saturated heterocycles. The zero-order valence-corrected chi connectivity index (χ0v) is 8.91. The molecule has 0 aromatic rings. The second-order valence-corrected chi connectivity index (χ2v) is 4.14. The highest BCUT2D eigenvalue weighted by Gasteiger charge is 2.29. The van der Waals surface area contributed by atoms with Crippen LogP contribution in [0.25, 0.3) is 0 Å². The Balaban J connectivity index is 2.42. The summed E-state index contributed by atoms with van der Waals surface area (Å²) in [5.74, 6) is 0.857. The Labute approximate surface area is 84.8 Å². The lowest BCUT2D eigenvalue weighted by atomic mass is 9.89. The lowest BCUT2D eigenvalue weighted by Crippen LogP contribution is -2.16. The molecule has 0 aromatic heterocycles. The van der Waals surface area contributed by atoms with Crippen LogP contribution in [0.3, 0.4) is 0 Å². The molecule has 0 heterocycles. The van der Waals surface area contributed by atoms with Crippen LogP contribution in [0, 0.1) is 11.8 Å². The molecule has 1 aliphatic rings. The molecule has 1 aliphatic carbocycles. The van der Waals surface area contributed by atoms with Crippen molar-refractivity contribution in [3.63, 3.8) is 0 Å². The van der Waals surface area contributed by atoms with Gasteiger partial charge in [0.1, 0.15) is 5.78 Å². The summed E-state index contributed by atoms with van der Waals surface area (Å²) < 4.78 is 4.64. The standard InChI is InChI=1S/C11H18O3/c1-8(12)6-9-4-3-5-10(9)7-11(13)14-2/h9-10H,3-7H2,1-2H3/t9-,10-/m0/s1. The van der Waals surface area contributed by atoms with Gasteiger partial charge in [-0.1, -0.05) is 6.42 Å². The molecule has 0 spiro atoms. The van der Waals surface area contributed by atoms with E-state index >= 15 is 0 Å². The highest BCUT2D eigenvalue weighted by Crippen LogP contribution is 2.36. The van der Waals surface area contributed by atoms with Crippen LogP contribution >= 0.6 is 0 Å². The zero-order chi connectivity index (χ0) is 10.6. The van der Waals surface area contributed by atoms with Gasteiger partial charge in [-0.2, -0.15) is 0 Å². The molecule has 14 heavy (non-hydrogen) atoms. The molecule has 0 aliphatic heterocycles. The quantitative estimate of drug-likeness (QED) is 0.648. The van der Waals surface area contributed by atoms with Crippen LogP contribution < -0.4 is 0 Å². The molecule has 0 bridgehead atoms. The van der Waals surface area contributed by atoms with Gasteiger partial charge in [0, 0.05) is 12.8 Å². The lowest BCUT2D eigenvalue weighted by Gasteiger charge is -2.16. The van der Waals surface area contributed by atoms with E-state index in [0.29, 0.717) is 24.7 Å². The summed E-state index contributed by atoms with van der Waals surface area (Å²) in [5, 5.41) is 0. The fraction of sp³-hybridized carbons (Fsp3) is 0.818. The van der Waals surface area contributed by atoms with Crippen molar-refractivity contribution in [2.24, 2.45) is 11.8 Å². The molecule has 0 aromatic carbocycles. The Morgan fingerprint density at radius 2 is 1.79 bits per heavy atom. The van der Waals surface area contributed by atoms with E-state index in [1.807, 2.05) is 0 Å². The Hall–Kier alpha value is -0.860. The number of rotatable bonds is 4. The minimum Gasteiger partial charge on any atom is -0.469 e. The summed E-state index contributed by atoms with van der Waals surface area (Å²) in [7, 11) is 1.41. The summed E-state index contributed by atoms with van der Waals surface area (Å²) in [4.78, 5) is 22.1. The number of methoxy groups -OCH3 is 1. The summed E-state index contributed by atoms with van der Waals surface area (Å²) in [6, 6.07) is 0. The summed E-state index contributed by atoms with van der Waals surface area (Å²) >= 11 is 0. The second-order valence-electron chi connectivity index (χ2n) is 4.14. The van der Waals surface area contributed by atoms with Gasteiger partial charge in [0.05, 0.1) is 7.11 Å². The maximum Gasteiger partial charge on any atom is 0.305 e. The van der Waals surface area contributed by atoms with E-state index in [1.165, 1.54) is 7.11 Å². The molecule has 3 heteroatoms. The van der Waals surface area contributed by atoms with Crippen molar-refractivity contribution in [3.8, 4) is 0 Å². The van der Waals surface area contributed by atoms with Crippen molar-refractivity contribution >= 4 is 11.8 Å². The van der Waals surface area contributed by atoms with Gasteiger partial charge in [-0.3, -0.25) is 4.79 Å². The second kappa shape index (κ2) is 5.13. The van der Waals surface area contributed by atoms with E-state index in [9.17, 15) is 9.59 Å². The molecular formula is C11H18O3. The third-order valence-corrected chi connectivity index (χ3v) is 3.02. The van der Waals surface area contributed by atoms with E-state index in [1.54, 1.807) is 6.92 Å². The van der Waals surface area contributed by atoms with Crippen LogP contribution in [0.4, 0.5) is 0 Å². The third-order valence-electron chi connectivity index (χ3n) is 3.02. The number of ether oxygens (including phenoxy) is 1. The molecule has 2 atom stereocenters. The average molecular weight is 198 g/mol. The van der Waals surface area contributed by atoms with Crippen molar-refractivity contribution in [2.75, 3.05) is 7.11 Å². The Morgan fingerprint density at radius 3 is 2.29 bits per heavy atom. The van der Waals surface area contributed by atoms with E-state index < -0.39 is 0 Å². The number of carbonyl (C=O) groups excluding carboxylic acids is 2. The maximum atomic E-state index is 11.1. The molecule has 0 radical (unpaired) electrons. The first kappa shape index (κ1) is 11.2. The van der Waals surface area contributed by atoms with Crippen LogP contribution in [-0.2, 0) is 14.3 Å².